The molecule has 0 aromatic carbocycles. The average molecular weight is 287 g/mol. The topological polar surface area (TPSA) is 51.0 Å². The van der Waals surface area contributed by atoms with E-state index in [-0.39, 0.29) is 5.54 Å². The molecule has 0 spiro atoms. The van der Waals surface area contributed by atoms with Gasteiger partial charge in [0, 0.05) is 46.0 Å². The molecule has 0 bridgehead atoms. The van der Waals surface area contributed by atoms with E-state index in [1.54, 1.807) is 14.2 Å². The largest absolute Gasteiger partial charge is 0.385 e. The van der Waals surface area contributed by atoms with Gasteiger partial charge in [0.2, 0.25) is 0 Å². The van der Waals surface area contributed by atoms with E-state index >= 15 is 0 Å². The van der Waals surface area contributed by atoms with Gasteiger partial charge in [-0.25, -0.2) is 0 Å². The lowest BCUT2D eigenvalue weighted by Crippen LogP contribution is -2.60. The second kappa shape index (κ2) is 9.68. The lowest BCUT2D eigenvalue weighted by Gasteiger charge is -2.48. The van der Waals surface area contributed by atoms with E-state index in [4.69, 9.17) is 15.2 Å². The number of ether oxygens (including phenoxy) is 2. The summed E-state index contributed by atoms with van der Waals surface area (Å²) < 4.78 is 10.5. The maximum atomic E-state index is 6.17. The molecule has 0 radical (unpaired) electrons. The lowest BCUT2D eigenvalue weighted by atomic mass is 9.85. The van der Waals surface area contributed by atoms with E-state index in [2.05, 4.69) is 16.7 Å². The van der Waals surface area contributed by atoms with Crippen LogP contribution in [0.3, 0.4) is 0 Å². The van der Waals surface area contributed by atoms with Crippen molar-refractivity contribution in [2.45, 2.75) is 31.7 Å². The molecule has 0 atom stereocenters. The van der Waals surface area contributed by atoms with E-state index in [1.807, 2.05) is 0 Å². The van der Waals surface area contributed by atoms with Crippen molar-refractivity contribution in [1.82, 2.24) is 9.80 Å². The maximum Gasteiger partial charge on any atom is 0.0589 e. The Labute approximate surface area is 124 Å². The Bertz CT molecular complexity index is 243. The van der Waals surface area contributed by atoms with Crippen LogP contribution in [-0.4, -0.2) is 82.0 Å². The van der Waals surface area contributed by atoms with Crippen molar-refractivity contribution in [3.05, 3.63) is 0 Å². The maximum absolute atomic E-state index is 6.17. The van der Waals surface area contributed by atoms with Crippen molar-refractivity contribution in [3.63, 3.8) is 0 Å². The number of hydrogen-bond acceptors (Lipinski definition) is 5. The molecule has 0 unspecified atom stereocenters. The smallest absolute Gasteiger partial charge is 0.0589 e. The van der Waals surface area contributed by atoms with E-state index in [0.717, 1.165) is 71.7 Å². The molecule has 1 heterocycles. The molecule has 0 aromatic heterocycles. The van der Waals surface area contributed by atoms with Crippen molar-refractivity contribution in [3.8, 4) is 0 Å². The van der Waals surface area contributed by atoms with Gasteiger partial charge in [-0.3, -0.25) is 4.90 Å². The van der Waals surface area contributed by atoms with Crippen molar-refractivity contribution in [2.75, 3.05) is 66.7 Å². The molecule has 0 saturated carbocycles. The zero-order chi connectivity index (χ0) is 14.8. The highest BCUT2D eigenvalue weighted by atomic mass is 16.5. The molecule has 1 saturated heterocycles. The Morgan fingerprint density at radius 1 is 1.10 bits per heavy atom. The zero-order valence-corrected chi connectivity index (χ0v) is 13.6. The number of nitrogens with zero attached hydrogens (tertiary/aromatic N) is 2. The van der Waals surface area contributed by atoms with Gasteiger partial charge in [-0.05, 0) is 38.9 Å². The van der Waals surface area contributed by atoms with Crippen LogP contribution in [0.1, 0.15) is 26.2 Å². The normalized spacial score (nSPS) is 19.6. The highest BCUT2D eigenvalue weighted by molar-refractivity contribution is 4.96. The van der Waals surface area contributed by atoms with Crippen LogP contribution in [0.15, 0.2) is 0 Å². The Morgan fingerprint density at radius 3 is 2.25 bits per heavy atom. The quantitative estimate of drug-likeness (QED) is 0.602. The number of likely N-dealkylation sites (tertiary alicyclic amines) is 1. The van der Waals surface area contributed by atoms with Crippen LogP contribution < -0.4 is 5.73 Å². The molecular formula is C15H33N3O2. The second-order valence-electron chi connectivity index (χ2n) is 5.69. The summed E-state index contributed by atoms with van der Waals surface area (Å²) >= 11 is 0. The summed E-state index contributed by atoms with van der Waals surface area (Å²) in [5, 5.41) is 0. The highest BCUT2D eigenvalue weighted by Gasteiger charge is 2.37. The minimum Gasteiger partial charge on any atom is -0.385 e. The number of piperidine rings is 1. The summed E-state index contributed by atoms with van der Waals surface area (Å²) in [6, 6.07) is 0. The number of methoxy groups -OCH3 is 2. The summed E-state index contributed by atoms with van der Waals surface area (Å²) in [5.41, 5.74) is 6.32. The Hall–Kier alpha value is -0.200. The van der Waals surface area contributed by atoms with Gasteiger partial charge in [-0.1, -0.05) is 6.92 Å². The summed E-state index contributed by atoms with van der Waals surface area (Å²) in [6.45, 7) is 10.0. The van der Waals surface area contributed by atoms with Crippen molar-refractivity contribution in [2.24, 2.45) is 5.73 Å². The number of nitrogens with two attached hydrogens (primary N) is 1. The highest BCUT2D eigenvalue weighted by Crippen LogP contribution is 2.28. The number of hydrogen-bond donors (Lipinski definition) is 1. The third kappa shape index (κ3) is 4.97. The van der Waals surface area contributed by atoms with E-state index in [1.165, 1.54) is 0 Å². The molecule has 2 N–H and O–H groups in total. The minimum absolute atomic E-state index is 0.151. The fourth-order valence-electron chi connectivity index (χ4n) is 3.12. The molecule has 20 heavy (non-hydrogen) atoms. The third-order valence-corrected chi connectivity index (χ3v) is 4.63. The van der Waals surface area contributed by atoms with Gasteiger partial charge in [0.1, 0.15) is 0 Å². The van der Waals surface area contributed by atoms with E-state index in [0.29, 0.717) is 0 Å². The molecule has 1 rings (SSSR count). The molecule has 5 heteroatoms. The molecule has 1 aliphatic heterocycles. The summed E-state index contributed by atoms with van der Waals surface area (Å²) in [4.78, 5) is 5.06. The van der Waals surface area contributed by atoms with Crippen LogP contribution in [0.5, 0.6) is 0 Å². The van der Waals surface area contributed by atoms with Gasteiger partial charge in [0.05, 0.1) is 6.61 Å². The van der Waals surface area contributed by atoms with Gasteiger partial charge < -0.3 is 20.1 Å². The van der Waals surface area contributed by atoms with Crippen LogP contribution in [0.25, 0.3) is 0 Å². The molecule has 0 aliphatic carbocycles. The average Bonchev–Trinajstić information content (AvgIpc) is 2.51. The van der Waals surface area contributed by atoms with Crippen LogP contribution in [0, 0.1) is 0 Å². The van der Waals surface area contributed by atoms with Crippen molar-refractivity contribution >= 4 is 0 Å². The van der Waals surface area contributed by atoms with Gasteiger partial charge in [-0.15, -0.1) is 0 Å². The fourth-order valence-corrected chi connectivity index (χ4v) is 3.12. The van der Waals surface area contributed by atoms with Gasteiger partial charge in [0.15, 0.2) is 0 Å². The molecule has 0 amide bonds. The minimum atomic E-state index is 0.151. The van der Waals surface area contributed by atoms with Gasteiger partial charge in [0.25, 0.3) is 0 Å². The van der Waals surface area contributed by atoms with Crippen LogP contribution in [0.2, 0.25) is 0 Å². The third-order valence-electron chi connectivity index (χ3n) is 4.63. The van der Waals surface area contributed by atoms with Crippen LogP contribution in [0.4, 0.5) is 0 Å². The first-order chi connectivity index (χ1) is 9.72. The predicted octanol–water partition coefficient (Wildman–Crippen LogP) is 0.785. The fraction of sp³-hybridized carbons (Fsp3) is 1.00. The first-order valence-corrected chi connectivity index (χ1v) is 7.87. The Kier molecular flexibility index (Phi) is 8.64. The SMILES string of the molecule is CCN1CCC(CN)(N(CCCOC)CCOC)CC1. The predicted molar refractivity (Wildman–Crippen MR) is 83.1 cm³/mol. The molecule has 5 nitrogen and oxygen atoms in total. The van der Waals surface area contributed by atoms with E-state index < -0.39 is 0 Å². The first-order valence-electron chi connectivity index (χ1n) is 7.87. The number of rotatable bonds is 10. The monoisotopic (exact) mass is 287 g/mol. The summed E-state index contributed by atoms with van der Waals surface area (Å²) in [6.07, 6.45) is 3.38. The van der Waals surface area contributed by atoms with Gasteiger partial charge >= 0.3 is 0 Å². The zero-order valence-electron chi connectivity index (χ0n) is 13.6. The summed E-state index contributed by atoms with van der Waals surface area (Å²) in [7, 11) is 3.53. The molecule has 120 valence electrons. The van der Waals surface area contributed by atoms with Crippen molar-refractivity contribution < 1.29 is 9.47 Å². The molecule has 1 aliphatic rings. The summed E-state index contributed by atoms with van der Waals surface area (Å²) in [5.74, 6) is 0. The van der Waals surface area contributed by atoms with Crippen LogP contribution >= 0.6 is 0 Å². The lowest BCUT2D eigenvalue weighted by molar-refractivity contribution is 0.00737. The first kappa shape index (κ1) is 17.9. The second-order valence-corrected chi connectivity index (χ2v) is 5.69. The van der Waals surface area contributed by atoms with E-state index in [9.17, 15) is 0 Å². The Morgan fingerprint density at radius 2 is 1.75 bits per heavy atom. The van der Waals surface area contributed by atoms with Gasteiger partial charge in [-0.2, -0.15) is 0 Å². The molecule has 1 fully saturated rings. The molecular weight excluding hydrogens is 254 g/mol. The Balaban J connectivity index is 2.63. The molecule has 0 aromatic rings. The van der Waals surface area contributed by atoms with Crippen LogP contribution in [-0.2, 0) is 9.47 Å². The standard InChI is InChI=1S/C15H33N3O2/c1-4-17-9-6-15(14-16,7-10-17)18(11-13-20-3)8-5-12-19-2/h4-14,16H2,1-3H3. The van der Waals surface area contributed by atoms with Crippen molar-refractivity contribution in [1.29, 1.82) is 0 Å².